The summed E-state index contributed by atoms with van der Waals surface area (Å²) in [5.74, 6) is -1.01. The van der Waals surface area contributed by atoms with Crippen LogP contribution in [-0.2, 0) is 11.2 Å². The molecule has 2 rings (SSSR count). The van der Waals surface area contributed by atoms with E-state index in [2.05, 4.69) is 5.32 Å². The van der Waals surface area contributed by atoms with Crippen LogP contribution in [0, 0.1) is 11.6 Å². The molecule has 1 atom stereocenters. The molecule has 0 bridgehead atoms. The molecule has 0 amide bonds. The fourth-order valence-corrected chi connectivity index (χ4v) is 2.44. The fraction of sp³-hybridized carbons (Fsp3) is 0.600. The third kappa shape index (κ3) is 5.25. The summed E-state index contributed by atoms with van der Waals surface area (Å²) in [7, 11) is 0. The number of benzene rings is 1. The van der Waals surface area contributed by atoms with Gasteiger partial charge in [-0.2, -0.15) is 0 Å². The van der Waals surface area contributed by atoms with Crippen LogP contribution in [0.25, 0.3) is 0 Å². The summed E-state index contributed by atoms with van der Waals surface area (Å²) < 4.78 is 31.5. The highest BCUT2D eigenvalue weighted by Crippen LogP contribution is 2.16. The molecule has 0 saturated carbocycles. The minimum Gasteiger partial charge on any atom is -0.378 e. The van der Waals surface area contributed by atoms with Gasteiger partial charge in [0.15, 0.2) is 0 Å². The largest absolute Gasteiger partial charge is 0.378 e. The van der Waals surface area contributed by atoms with Gasteiger partial charge in [-0.05, 0) is 62.9 Å². The van der Waals surface area contributed by atoms with Crippen molar-refractivity contribution >= 4 is 0 Å². The predicted octanol–water partition coefficient (Wildman–Crippen LogP) is 3.06. The minimum absolute atomic E-state index is 0.444. The molecule has 0 radical (unpaired) electrons. The number of halogens is 2. The van der Waals surface area contributed by atoms with Crippen LogP contribution in [0.5, 0.6) is 0 Å². The first-order valence-corrected chi connectivity index (χ1v) is 7.01. The summed E-state index contributed by atoms with van der Waals surface area (Å²) in [5.41, 5.74) is 0.698. The summed E-state index contributed by atoms with van der Waals surface area (Å²) >= 11 is 0. The monoisotopic (exact) mass is 269 g/mol. The Balaban J connectivity index is 1.56. The van der Waals surface area contributed by atoms with Crippen LogP contribution < -0.4 is 5.32 Å². The van der Waals surface area contributed by atoms with E-state index >= 15 is 0 Å². The van der Waals surface area contributed by atoms with Gasteiger partial charge in [0.25, 0.3) is 0 Å². The van der Waals surface area contributed by atoms with Crippen LogP contribution in [0.2, 0.25) is 0 Å². The van der Waals surface area contributed by atoms with Crippen molar-refractivity contribution in [1.82, 2.24) is 5.32 Å². The maximum absolute atomic E-state index is 13.0. The Morgan fingerprint density at radius 3 is 2.63 bits per heavy atom. The van der Waals surface area contributed by atoms with Crippen molar-refractivity contribution in [3.8, 4) is 0 Å². The zero-order chi connectivity index (χ0) is 13.5. The van der Waals surface area contributed by atoms with Crippen molar-refractivity contribution < 1.29 is 13.5 Å². The van der Waals surface area contributed by atoms with Crippen molar-refractivity contribution in [3.05, 3.63) is 35.4 Å². The zero-order valence-corrected chi connectivity index (χ0v) is 11.1. The highest BCUT2D eigenvalue weighted by molar-refractivity contribution is 5.18. The molecule has 0 spiro atoms. The zero-order valence-electron chi connectivity index (χ0n) is 11.1. The van der Waals surface area contributed by atoms with Gasteiger partial charge in [-0.1, -0.05) is 0 Å². The number of rotatable bonds is 7. The number of ether oxygens (including phenoxy) is 1. The summed E-state index contributed by atoms with van der Waals surface area (Å²) in [5, 5.41) is 3.30. The topological polar surface area (TPSA) is 21.3 Å². The van der Waals surface area contributed by atoms with E-state index in [9.17, 15) is 8.78 Å². The van der Waals surface area contributed by atoms with Crippen molar-refractivity contribution in [2.45, 2.75) is 38.2 Å². The quantitative estimate of drug-likeness (QED) is 0.768. The Morgan fingerprint density at radius 1 is 1.16 bits per heavy atom. The molecule has 2 nitrogen and oxygen atoms in total. The van der Waals surface area contributed by atoms with Gasteiger partial charge in [-0.15, -0.1) is 0 Å². The molecule has 1 aliphatic heterocycles. The first-order valence-electron chi connectivity index (χ1n) is 7.01. The Morgan fingerprint density at radius 2 is 1.95 bits per heavy atom. The first kappa shape index (κ1) is 14.4. The number of hydrogen-bond donors (Lipinski definition) is 1. The average Bonchev–Trinajstić information content (AvgIpc) is 2.85. The summed E-state index contributed by atoms with van der Waals surface area (Å²) in [6, 6.07) is 3.67. The number of nitrogens with one attached hydrogen (secondary N) is 1. The third-order valence-electron chi connectivity index (χ3n) is 3.42. The van der Waals surface area contributed by atoms with Gasteiger partial charge in [0, 0.05) is 12.7 Å². The lowest BCUT2D eigenvalue weighted by atomic mass is 10.1. The maximum atomic E-state index is 13.0. The lowest BCUT2D eigenvalue weighted by Gasteiger charge is -2.09. The van der Waals surface area contributed by atoms with Crippen LogP contribution in [0.15, 0.2) is 18.2 Å². The second-order valence-electron chi connectivity index (χ2n) is 5.05. The van der Waals surface area contributed by atoms with Gasteiger partial charge >= 0.3 is 0 Å². The van der Waals surface area contributed by atoms with Gasteiger partial charge in [0.2, 0.25) is 0 Å². The maximum Gasteiger partial charge on any atom is 0.126 e. The molecule has 1 fully saturated rings. The molecule has 106 valence electrons. The van der Waals surface area contributed by atoms with E-state index in [0.717, 1.165) is 38.6 Å². The molecule has 19 heavy (non-hydrogen) atoms. The van der Waals surface area contributed by atoms with Gasteiger partial charge in [0.05, 0.1) is 6.10 Å². The molecule has 1 heterocycles. The molecule has 1 aromatic carbocycles. The van der Waals surface area contributed by atoms with E-state index in [1.807, 2.05) is 0 Å². The molecular formula is C15H21F2NO. The normalized spacial score (nSPS) is 18.9. The lowest BCUT2D eigenvalue weighted by Crippen LogP contribution is -2.20. The van der Waals surface area contributed by atoms with E-state index in [0.29, 0.717) is 18.1 Å². The van der Waals surface area contributed by atoms with Crippen LogP contribution in [-0.4, -0.2) is 25.8 Å². The van der Waals surface area contributed by atoms with Gasteiger partial charge in [-0.3, -0.25) is 0 Å². The molecule has 1 aliphatic rings. The van der Waals surface area contributed by atoms with Crippen molar-refractivity contribution in [2.75, 3.05) is 19.7 Å². The van der Waals surface area contributed by atoms with Crippen LogP contribution >= 0.6 is 0 Å². The molecule has 4 heteroatoms. The van der Waals surface area contributed by atoms with E-state index in [4.69, 9.17) is 4.74 Å². The Kier molecular flexibility index (Phi) is 5.73. The van der Waals surface area contributed by atoms with E-state index in [1.165, 1.54) is 25.0 Å². The lowest BCUT2D eigenvalue weighted by molar-refractivity contribution is 0.102. The molecule has 1 saturated heterocycles. The SMILES string of the molecule is Fc1cc(F)cc(CCNCCCC2CCCO2)c1. The van der Waals surface area contributed by atoms with Crippen molar-refractivity contribution in [3.63, 3.8) is 0 Å². The number of hydrogen-bond acceptors (Lipinski definition) is 2. The first-order chi connectivity index (χ1) is 9.24. The Labute approximate surface area is 113 Å². The van der Waals surface area contributed by atoms with Crippen molar-refractivity contribution in [2.24, 2.45) is 0 Å². The second-order valence-corrected chi connectivity index (χ2v) is 5.05. The van der Waals surface area contributed by atoms with E-state index in [-0.39, 0.29) is 0 Å². The van der Waals surface area contributed by atoms with Gasteiger partial charge in [0.1, 0.15) is 11.6 Å². The third-order valence-corrected chi connectivity index (χ3v) is 3.42. The van der Waals surface area contributed by atoms with E-state index in [1.54, 1.807) is 0 Å². The summed E-state index contributed by atoms with van der Waals surface area (Å²) in [4.78, 5) is 0. The smallest absolute Gasteiger partial charge is 0.126 e. The summed E-state index contributed by atoms with van der Waals surface area (Å²) in [6.45, 7) is 2.58. The minimum atomic E-state index is -0.506. The highest BCUT2D eigenvalue weighted by atomic mass is 19.1. The molecule has 1 unspecified atom stereocenters. The van der Waals surface area contributed by atoms with E-state index < -0.39 is 11.6 Å². The highest BCUT2D eigenvalue weighted by Gasteiger charge is 2.14. The second kappa shape index (κ2) is 7.56. The van der Waals surface area contributed by atoms with Crippen LogP contribution in [0.3, 0.4) is 0 Å². The average molecular weight is 269 g/mol. The van der Waals surface area contributed by atoms with Crippen LogP contribution in [0.4, 0.5) is 8.78 Å². The predicted molar refractivity (Wildman–Crippen MR) is 71.1 cm³/mol. The van der Waals surface area contributed by atoms with Gasteiger partial charge in [-0.25, -0.2) is 8.78 Å². The molecule has 0 aromatic heterocycles. The molecule has 1 N–H and O–H groups in total. The summed E-state index contributed by atoms with van der Waals surface area (Å²) in [6.07, 6.45) is 5.64. The van der Waals surface area contributed by atoms with Crippen molar-refractivity contribution in [1.29, 1.82) is 0 Å². The molecule has 1 aromatic rings. The Hall–Kier alpha value is -1.00. The fourth-order valence-electron chi connectivity index (χ4n) is 2.44. The van der Waals surface area contributed by atoms with Crippen LogP contribution in [0.1, 0.15) is 31.2 Å². The molecular weight excluding hydrogens is 248 g/mol. The Bertz CT molecular complexity index is 371. The van der Waals surface area contributed by atoms with Gasteiger partial charge < -0.3 is 10.1 Å². The standard InChI is InChI=1S/C15H21F2NO/c16-13-9-12(10-14(17)11-13)5-7-18-6-1-3-15-4-2-8-19-15/h9-11,15,18H,1-8H2. The molecule has 0 aliphatic carbocycles.